The zero-order valence-electron chi connectivity index (χ0n) is 15.4. The van der Waals surface area contributed by atoms with E-state index in [1.165, 1.54) is 38.4 Å². The van der Waals surface area contributed by atoms with Gasteiger partial charge in [-0.1, -0.05) is 6.92 Å². The fourth-order valence-corrected chi connectivity index (χ4v) is 3.06. The molecule has 8 heteroatoms. The third-order valence-electron chi connectivity index (χ3n) is 3.71. The molecular weight excluding hydrogens is 368 g/mol. The summed E-state index contributed by atoms with van der Waals surface area (Å²) in [7, 11) is -0.656. The van der Waals surface area contributed by atoms with Gasteiger partial charge < -0.3 is 10.1 Å². The van der Waals surface area contributed by atoms with E-state index in [4.69, 9.17) is 4.74 Å². The largest absolute Gasteiger partial charge is 0.462 e. The second kappa shape index (κ2) is 8.79. The summed E-state index contributed by atoms with van der Waals surface area (Å²) in [4.78, 5) is 24.2. The SMILES string of the molecule is CCCOC(=O)c1ccc(NC(=O)c2ccc(S(=O)(=O)N(C)C)cc2)cc1. The van der Waals surface area contributed by atoms with Gasteiger partial charge in [0.25, 0.3) is 5.91 Å². The highest BCUT2D eigenvalue weighted by Crippen LogP contribution is 2.16. The Morgan fingerprint density at radius 1 is 0.963 bits per heavy atom. The number of sulfonamides is 1. The molecule has 144 valence electrons. The van der Waals surface area contributed by atoms with Crippen LogP contribution in [0.2, 0.25) is 0 Å². The summed E-state index contributed by atoms with van der Waals surface area (Å²) in [5, 5.41) is 2.70. The normalized spacial score (nSPS) is 11.3. The van der Waals surface area contributed by atoms with Crippen molar-refractivity contribution < 1.29 is 22.7 Å². The van der Waals surface area contributed by atoms with Crippen LogP contribution in [-0.2, 0) is 14.8 Å². The average Bonchev–Trinajstić information content (AvgIpc) is 2.66. The zero-order chi connectivity index (χ0) is 20.0. The number of anilines is 1. The maximum Gasteiger partial charge on any atom is 0.338 e. The molecule has 0 saturated heterocycles. The van der Waals surface area contributed by atoms with Gasteiger partial charge in [-0.25, -0.2) is 17.5 Å². The molecule has 27 heavy (non-hydrogen) atoms. The third kappa shape index (κ3) is 5.15. The van der Waals surface area contributed by atoms with E-state index in [1.807, 2.05) is 6.92 Å². The van der Waals surface area contributed by atoms with Crippen molar-refractivity contribution in [3.8, 4) is 0 Å². The van der Waals surface area contributed by atoms with Crippen molar-refractivity contribution >= 4 is 27.6 Å². The van der Waals surface area contributed by atoms with E-state index in [0.29, 0.717) is 23.4 Å². The molecule has 2 rings (SSSR count). The number of ether oxygens (including phenoxy) is 1. The van der Waals surface area contributed by atoms with Gasteiger partial charge in [-0.05, 0) is 55.0 Å². The highest BCUT2D eigenvalue weighted by Gasteiger charge is 2.17. The van der Waals surface area contributed by atoms with Crippen LogP contribution in [0.4, 0.5) is 5.69 Å². The van der Waals surface area contributed by atoms with Gasteiger partial charge in [-0.2, -0.15) is 0 Å². The van der Waals surface area contributed by atoms with Gasteiger partial charge >= 0.3 is 5.97 Å². The number of amides is 1. The standard InChI is InChI=1S/C19H22N2O5S/c1-4-13-26-19(23)15-5-9-16(10-6-15)20-18(22)14-7-11-17(12-8-14)27(24,25)21(2)3/h5-12H,4,13H2,1-3H3,(H,20,22). The molecule has 0 fully saturated rings. The van der Waals surface area contributed by atoms with Crippen LogP contribution in [0.5, 0.6) is 0 Å². The molecule has 1 amide bonds. The van der Waals surface area contributed by atoms with Crippen LogP contribution in [0, 0.1) is 0 Å². The van der Waals surface area contributed by atoms with Crippen molar-refractivity contribution in [2.24, 2.45) is 0 Å². The minimum absolute atomic E-state index is 0.110. The van der Waals surface area contributed by atoms with Crippen LogP contribution >= 0.6 is 0 Å². The van der Waals surface area contributed by atoms with Crippen molar-refractivity contribution in [2.75, 3.05) is 26.0 Å². The molecule has 0 heterocycles. The van der Waals surface area contributed by atoms with Gasteiger partial charge in [0, 0.05) is 25.3 Å². The molecule has 0 spiro atoms. The van der Waals surface area contributed by atoms with Gasteiger partial charge in [0.15, 0.2) is 0 Å². The van der Waals surface area contributed by atoms with Crippen molar-refractivity contribution in [1.82, 2.24) is 4.31 Å². The lowest BCUT2D eigenvalue weighted by molar-refractivity contribution is 0.0505. The fourth-order valence-electron chi connectivity index (χ4n) is 2.16. The van der Waals surface area contributed by atoms with E-state index >= 15 is 0 Å². The molecule has 0 bridgehead atoms. The second-order valence-electron chi connectivity index (χ2n) is 5.98. The van der Waals surface area contributed by atoms with Crippen LogP contribution in [0.1, 0.15) is 34.1 Å². The number of benzene rings is 2. The molecule has 0 radical (unpaired) electrons. The highest BCUT2D eigenvalue weighted by molar-refractivity contribution is 7.89. The molecule has 7 nitrogen and oxygen atoms in total. The summed E-state index contributed by atoms with van der Waals surface area (Å²) in [6.07, 6.45) is 0.745. The Kier molecular flexibility index (Phi) is 6.70. The Balaban J connectivity index is 2.06. The van der Waals surface area contributed by atoms with Gasteiger partial charge in [-0.3, -0.25) is 4.79 Å². The minimum atomic E-state index is -3.54. The number of nitrogens with zero attached hydrogens (tertiary/aromatic N) is 1. The number of hydrogen-bond acceptors (Lipinski definition) is 5. The lowest BCUT2D eigenvalue weighted by atomic mass is 10.2. The Bertz CT molecular complexity index is 904. The fraction of sp³-hybridized carbons (Fsp3) is 0.263. The summed E-state index contributed by atoms with van der Waals surface area (Å²) in [6, 6.07) is 12.0. The van der Waals surface area contributed by atoms with E-state index in [0.717, 1.165) is 10.7 Å². The van der Waals surface area contributed by atoms with Gasteiger partial charge in [0.2, 0.25) is 10.0 Å². The molecule has 0 aliphatic carbocycles. The van der Waals surface area contributed by atoms with Crippen LogP contribution in [0.25, 0.3) is 0 Å². The molecule has 0 aliphatic rings. The van der Waals surface area contributed by atoms with Crippen LogP contribution in [0.15, 0.2) is 53.4 Å². The lowest BCUT2D eigenvalue weighted by Gasteiger charge is -2.11. The topological polar surface area (TPSA) is 92.8 Å². The summed E-state index contributed by atoms with van der Waals surface area (Å²) in [5.41, 5.74) is 1.23. The number of carbonyl (C=O) groups excluding carboxylic acids is 2. The van der Waals surface area contributed by atoms with E-state index in [2.05, 4.69) is 5.32 Å². The van der Waals surface area contributed by atoms with Crippen LogP contribution in [0.3, 0.4) is 0 Å². The first-order chi connectivity index (χ1) is 12.8. The number of carbonyl (C=O) groups is 2. The first kappa shape index (κ1) is 20.6. The molecule has 0 aliphatic heterocycles. The van der Waals surface area contributed by atoms with Crippen LogP contribution in [-0.4, -0.2) is 45.3 Å². The number of nitrogens with one attached hydrogen (secondary N) is 1. The average molecular weight is 390 g/mol. The first-order valence-corrected chi connectivity index (χ1v) is 9.81. The van der Waals surface area contributed by atoms with Gasteiger partial charge in [-0.15, -0.1) is 0 Å². The first-order valence-electron chi connectivity index (χ1n) is 8.37. The molecule has 0 aromatic heterocycles. The van der Waals surface area contributed by atoms with Gasteiger partial charge in [0.1, 0.15) is 0 Å². The van der Waals surface area contributed by atoms with Crippen molar-refractivity contribution in [3.63, 3.8) is 0 Å². The van der Waals surface area contributed by atoms with E-state index in [-0.39, 0.29) is 10.8 Å². The van der Waals surface area contributed by atoms with E-state index < -0.39 is 16.0 Å². The molecular formula is C19H22N2O5S. The number of hydrogen-bond donors (Lipinski definition) is 1. The smallest absolute Gasteiger partial charge is 0.338 e. The summed E-state index contributed by atoms with van der Waals surface area (Å²) in [6.45, 7) is 2.27. The maximum atomic E-state index is 12.3. The molecule has 0 atom stereocenters. The monoisotopic (exact) mass is 390 g/mol. The number of esters is 1. The lowest BCUT2D eigenvalue weighted by Crippen LogP contribution is -2.22. The molecule has 2 aromatic carbocycles. The highest BCUT2D eigenvalue weighted by atomic mass is 32.2. The van der Waals surface area contributed by atoms with Crippen molar-refractivity contribution in [3.05, 3.63) is 59.7 Å². The second-order valence-corrected chi connectivity index (χ2v) is 8.13. The summed E-state index contributed by atoms with van der Waals surface area (Å²) >= 11 is 0. The molecule has 2 aromatic rings. The Labute approximate surface area is 159 Å². The quantitative estimate of drug-likeness (QED) is 0.734. The summed E-state index contributed by atoms with van der Waals surface area (Å²) in [5.74, 6) is -0.794. The van der Waals surface area contributed by atoms with Gasteiger partial charge in [0.05, 0.1) is 17.1 Å². The third-order valence-corrected chi connectivity index (χ3v) is 5.54. The van der Waals surface area contributed by atoms with E-state index in [1.54, 1.807) is 24.3 Å². The molecule has 0 unspecified atom stereocenters. The molecule has 0 saturated carbocycles. The maximum absolute atomic E-state index is 12.3. The zero-order valence-corrected chi connectivity index (χ0v) is 16.2. The minimum Gasteiger partial charge on any atom is -0.462 e. The predicted molar refractivity (Wildman–Crippen MR) is 102 cm³/mol. The van der Waals surface area contributed by atoms with Crippen molar-refractivity contribution in [2.45, 2.75) is 18.2 Å². The Morgan fingerprint density at radius 3 is 2.04 bits per heavy atom. The summed E-state index contributed by atoms with van der Waals surface area (Å²) < 4.78 is 30.2. The van der Waals surface area contributed by atoms with Crippen LogP contribution < -0.4 is 5.32 Å². The van der Waals surface area contributed by atoms with Crippen molar-refractivity contribution in [1.29, 1.82) is 0 Å². The Hall–Kier alpha value is -2.71. The number of rotatable bonds is 7. The molecule has 1 N–H and O–H groups in total. The van der Waals surface area contributed by atoms with E-state index in [9.17, 15) is 18.0 Å². The Morgan fingerprint density at radius 2 is 1.52 bits per heavy atom. The predicted octanol–water partition coefficient (Wildman–Crippen LogP) is 2.76.